The van der Waals surface area contributed by atoms with Crippen molar-refractivity contribution in [2.24, 2.45) is 0 Å². The molecule has 0 radical (unpaired) electrons. The number of hydrogen-bond acceptors (Lipinski definition) is 5. The summed E-state index contributed by atoms with van der Waals surface area (Å²) in [6, 6.07) is 8.41. The van der Waals surface area contributed by atoms with Gasteiger partial charge in [-0.05, 0) is 37.3 Å². The smallest absolute Gasteiger partial charge is 0.340 e. The number of sulfonamides is 1. The highest BCUT2D eigenvalue weighted by Gasteiger charge is 2.30. The normalized spacial score (nSPS) is 17.2. The van der Waals surface area contributed by atoms with E-state index in [9.17, 15) is 22.7 Å². The van der Waals surface area contributed by atoms with Crippen molar-refractivity contribution in [3.8, 4) is 11.3 Å². The van der Waals surface area contributed by atoms with Crippen LogP contribution in [-0.4, -0.2) is 38.9 Å². The van der Waals surface area contributed by atoms with Crippen molar-refractivity contribution in [2.75, 3.05) is 23.7 Å². The maximum atomic E-state index is 13.3. The molecule has 0 saturated heterocycles. The van der Waals surface area contributed by atoms with Crippen molar-refractivity contribution >= 4 is 32.6 Å². The number of rotatable bonds is 3. The fraction of sp³-hybridized carbons (Fsp3) is 0.250. The van der Waals surface area contributed by atoms with Crippen LogP contribution in [-0.2, 0) is 14.8 Å². The molecule has 2 heterocycles. The van der Waals surface area contributed by atoms with Gasteiger partial charge in [0, 0.05) is 22.6 Å². The highest BCUT2D eigenvalue weighted by atomic mass is 32.2. The van der Waals surface area contributed by atoms with Crippen LogP contribution in [0.15, 0.2) is 40.8 Å². The van der Waals surface area contributed by atoms with Crippen LogP contribution in [0.1, 0.15) is 28.9 Å². The van der Waals surface area contributed by atoms with Crippen LogP contribution in [0.5, 0.6) is 0 Å². The summed E-state index contributed by atoms with van der Waals surface area (Å²) < 4.78 is 50.6. The highest BCUT2D eigenvalue weighted by Crippen LogP contribution is 2.41. The first-order valence-electron chi connectivity index (χ1n) is 8.86. The maximum absolute atomic E-state index is 13.3. The van der Waals surface area contributed by atoms with Gasteiger partial charge >= 0.3 is 5.97 Å². The van der Waals surface area contributed by atoms with E-state index in [2.05, 4.69) is 0 Å². The molecule has 1 aromatic heterocycles. The molecule has 152 valence electrons. The summed E-state index contributed by atoms with van der Waals surface area (Å²) >= 11 is 0. The summed E-state index contributed by atoms with van der Waals surface area (Å²) in [4.78, 5) is 12.0. The predicted molar refractivity (Wildman–Crippen MR) is 105 cm³/mol. The zero-order chi connectivity index (χ0) is 20.9. The second-order valence-electron chi connectivity index (χ2n) is 6.87. The van der Waals surface area contributed by atoms with Crippen LogP contribution >= 0.6 is 0 Å². The van der Waals surface area contributed by atoms with Gasteiger partial charge in [-0.25, -0.2) is 17.6 Å². The summed E-state index contributed by atoms with van der Waals surface area (Å²) in [5, 5.41) is 10.1. The van der Waals surface area contributed by atoms with Crippen molar-refractivity contribution < 1.29 is 31.9 Å². The number of furan rings is 1. The predicted octanol–water partition coefficient (Wildman–Crippen LogP) is 3.79. The van der Waals surface area contributed by atoms with Gasteiger partial charge in [0.1, 0.15) is 22.7 Å². The first kappa shape index (κ1) is 19.4. The number of benzene rings is 2. The monoisotopic (exact) mass is 419 g/mol. The van der Waals surface area contributed by atoms with Gasteiger partial charge in [-0.3, -0.25) is 4.31 Å². The lowest BCUT2D eigenvalue weighted by Gasteiger charge is -2.22. The second kappa shape index (κ2) is 6.85. The Bertz CT molecular complexity index is 1220. The molecule has 1 aliphatic rings. The zero-order valence-electron chi connectivity index (χ0n) is 15.7. The lowest BCUT2D eigenvalue weighted by Crippen LogP contribution is -2.32. The Balaban J connectivity index is 2.02. The molecule has 2 aromatic carbocycles. The van der Waals surface area contributed by atoms with Gasteiger partial charge in [0.25, 0.3) is 0 Å². The first-order chi connectivity index (χ1) is 13.7. The first-order valence-corrected chi connectivity index (χ1v) is 10.7. The Morgan fingerprint density at radius 1 is 1.24 bits per heavy atom. The Labute approximate surface area is 166 Å². The summed E-state index contributed by atoms with van der Waals surface area (Å²) in [6.45, 7) is 2.12. The largest absolute Gasteiger partial charge is 0.478 e. The Morgan fingerprint density at radius 3 is 2.55 bits per heavy atom. The van der Waals surface area contributed by atoms with Gasteiger partial charge in [0.05, 0.1) is 31.2 Å². The van der Waals surface area contributed by atoms with Crippen molar-refractivity contribution in [3.63, 3.8) is 0 Å². The summed E-state index contributed by atoms with van der Waals surface area (Å²) in [7, 11) is -3.58. The van der Waals surface area contributed by atoms with Gasteiger partial charge in [0.15, 0.2) is 0 Å². The molecule has 7 nitrogen and oxygen atoms in total. The number of fused-ring (bicyclic) bond motifs is 2. The number of nitrogens with zero attached hydrogens (tertiary/aromatic N) is 1. The number of halogens is 1. The van der Waals surface area contributed by atoms with E-state index in [0.29, 0.717) is 22.2 Å². The molecule has 0 spiro atoms. The van der Waals surface area contributed by atoms with Gasteiger partial charge in [0.2, 0.25) is 10.0 Å². The molecule has 0 saturated carbocycles. The topological polar surface area (TPSA) is 97.0 Å². The molecule has 1 atom stereocenters. The van der Waals surface area contributed by atoms with Gasteiger partial charge in [-0.1, -0.05) is 0 Å². The number of hydrogen-bond donors (Lipinski definition) is 1. The van der Waals surface area contributed by atoms with Gasteiger partial charge < -0.3 is 14.3 Å². The Kier molecular flexibility index (Phi) is 4.59. The molecule has 0 fully saturated rings. The van der Waals surface area contributed by atoms with Crippen molar-refractivity contribution in [1.82, 2.24) is 0 Å². The fourth-order valence-electron chi connectivity index (χ4n) is 3.57. The van der Waals surface area contributed by atoms with Gasteiger partial charge in [-0.2, -0.15) is 0 Å². The number of carboxylic acid groups (broad SMARTS) is 1. The van der Waals surface area contributed by atoms with E-state index >= 15 is 0 Å². The van der Waals surface area contributed by atoms with E-state index in [-0.39, 0.29) is 30.1 Å². The van der Waals surface area contributed by atoms with E-state index in [4.69, 9.17) is 9.15 Å². The Hall–Kier alpha value is -2.91. The molecule has 3 aromatic rings. The van der Waals surface area contributed by atoms with E-state index in [1.807, 2.05) is 0 Å². The molecule has 1 aliphatic heterocycles. The summed E-state index contributed by atoms with van der Waals surface area (Å²) in [6.07, 6.45) is 0.665. The summed E-state index contributed by atoms with van der Waals surface area (Å²) in [5.74, 6) is -1.58. The quantitative estimate of drug-likeness (QED) is 0.694. The SMILES string of the molecule is CC1OCCN(S(C)(=O)=O)c2cc3oc(-c4ccc(F)cc4)c(C(=O)O)c3cc21. The second-order valence-corrected chi connectivity index (χ2v) is 8.78. The van der Waals surface area contributed by atoms with Crippen molar-refractivity contribution in [3.05, 3.63) is 53.3 Å². The number of carbonyl (C=O) groups is 1. The zero-order valence-corrected chi connectivity index (χ0v) is 16.5. The fourth-order valence-corrected chi connectivity index (χ4v) is 4.50. The average Bonchev–Trinajstić information content (AvgIpc) is 2.93. The van der Waals surface area contributed by atoms with E-state index in [1.54, 1.807) is 13.0 Å². The molecule has 0 aliphatic carbocycles. The molecule has 4 rings (SSSR count). The lowest BCUT2D eigenvalue weighted by atomic mass is 10.0. The molecule has 29 heavy (non-hydrogen) atoms. The Morgan fingerprint density at radius 2 is 1.93 bits per heavy atom. The number of carboxylic acids is 1. The van der Waals surface area contributed by atoms with Crippen LogP contribution in [0.25, 0.3) is 22.3 Å². The van der Waals surface area contributed by atoms with E-state index in [1.165, 1.54) is 34.6 Å². The number of aromatic carboxylic acids is 1. The lowest BCUT2D eigenvalue weighted by molar-refractivity contribution is 0.0698. The molecular formula is C20H18FNO6S. The summed E-state index contributed by atoms with van der Waals surface area (Å²) in [5.41, 5.74) is 1.50. The van der Waals surface area contributed by atoms with Crippen LogP contribution in [0, 0.1) is 5.82 Å². The molecule has 0 bridgehead atoms. The molecule has 9 heteroatoms. The highest BCUT2D eigenvalue weighted by molar-refractivity contribution is 7.92. The van der Waals surface area contributed by atoms with E-state index < -0.39 is 27.9 Å². The van der Waals surface area contributed by atoms with E-state index in [0.717, 1.165) is 6.26 Å². The minimum atomic E-state index is -3.58. The van der Waals surface area contributed by atoms with Crippen molar-refractivity contribution in [2.45, 2.75) is 13.0 Å². The molecular weight excluding hydrogens is 401 g/mol. The third kappa shape index (κ3) is 3.36. The van der Waals surface area contributed by atoms with Crippen LogP contribution in [0.4, 0.5) is 10.1 Å². The van der Waals surface area contributed by atoms with Crippen LogP contribution in [0.2, 0.25) is 0 Å². The minimum absolute atomic E-state index is 0.0724. The molecule has 0 amide bonds. The molecule has 1 unspecified atom stereocenters. The van der Waals surface area contributed by atoms with Crippen molar-refractivity contribution in [1.29, 1.82) is 0 Å². The number of anilines is 1. The third-order valence-electron chi connectivity index (χ3n) is 4.93. The average molecular weight is 419 g/mol. The number of ether oxygens (including phenoxy) is 1. The standard InChI is InChI=1S/C20H18FNO6S/c1-11-14-9-15-17(10-16(14)22(7-8-27-11)29(2,25)26)28-19(18(15)20(23)24)12-3-5-13(21)6-4-12/h3-6,9-11H,7-8H2,1-2H3,(H,23,24). The van der Waals surface area contributed by atoms with Crippen LogP contribution in [0.3, 0.4) is 0 Å². The molecule has 1 N–H and O–H groups in total. The minimum Gasteiger partial charge on any atom is -0.478 e. The maximum Gasteiger partial charge on any atom is 0.340 e. The van der Waals surface area contributed by atoms with Gasteiger partial charge in [-0.15, -0.1) is 0 Å². The van der Waals surface area contributed by atoms with Crippen LogP contribution < -0.4 is 4.31 Å². The third-order valence-corrected chi connectivity index (χ3v) is 6.11.